The van der Waals surface area contributed by atoms with E-state index >= 15 is 0 Å². The van der Waals surface area contributed by atoms with Gasteiger partial charge in [0.05, 0.1) is 36.6 Å². The van der Waals surface area contributed by atoms with Crippen molar-refractivity contribution in [1.29, 1.82) is 0 Å². The number of guanidine groups is 1. The van der Waals surface area contributed by atoms with Gasteiger partial charge in [0.1, 0.15) is 17.5 Å². The molecule has 2 aromatic heterocycles. The molecule has 2 unspecified atom stereocenters. The number of rotatable bonds is 20. The molecular weight excluding hydrogens is 684 g/mol. The average molecular weight is 737 g/mol. The Morgan fingerprint density at radius 3 is 1.79 bits per heavy atom. The summed E-state index contributed by atoms with van der Waals surface area (Å²) in [6, 6.07) is 14.7. The molecular formula is C37H53ClN10O4. The summed E-state index contributed by atoms with van der Waals surface area (Å²) in [7, 11) is 3.29. The molecule has 0 aliphatic heterocycles. The van der Waals surface area contributed by atoms with E-state index in [4.69, 9.17) is 20.9 Å². The maximum Gasteiger partial charge on any atom is 0.315 e. The number of halogens is 1. The molecule has 3 atom stereocenters. The van der Waals surface area contributed by atoms with Crippen molar-refractivity contribution < 1.29 is 19.1 Å². The predicted molar refractivity (Wildman–Crippen MR) is 212 cm³/mol. The molecule has 0 aliphatic carbocycles. The van der Waals surface area contributed by atoms with Crippen LogP contribution in [0.25, 0.3) is 21.8 Å². The van der Waals surface area contributed by atoms with Crippen LogP contribution in [0, 0.1) is 0 Å². The van der Waals surface area contributed by atoms with E-state index in [2.05, 4.69) is 55.4 Å². The van der Waals surface area contributed by atoms with Crippen LogP contribution in [0.4, 0.5) is 16.2 Å². The second-order valence-electron chi connectivity index (χ2n) is 12.6. The highest BCUT2D eigenvalue weighted by Crippen LogP contribution is 2.29. The van der Waals surface area contributed by atoms with Crippen LogP contribution in [0.5, 0.6) is 11.5 Å². The van der Waals surface area contributed by atoms with Crippen molar-refractivity contribution in [2.45, 2.75) is 70.5 Å². The molecule has 4 rings (SSSR count). The van der Waals surface area contributed by atoms with Crippen LogP contribution < -0.4 is 47.5 Å². The minimum atomic E-state index is -0.738. The monoisotopic (exact) mass is 736 g/mol. The molecule has 0 saturated carbocycles. The molecule has 0 saturated heterocycles. The molecule has 2 aromatic carbocycles. The first kappa shape index (κ1) is 41.2. The van der Waals surface area contributed by atoms with Gasteiger partial charge in [-0.05, 0) is 76.6 Å². The molecule has 0 radical (unpaired) electrons. The highest BCUT2D eigenvalue weighted by Gasteiger charge is 2.20. The Balaban J connectivity index is 0.00000729. The third kappa shape index (κ3) is 12.8. The van der Waals surface area contributed by atoms with Gasteiger partial charge in [-0.1, -0.05) is 12.1 Å². The molecule has 0 bridgehead atoms. The zero-order valence-corrected chi connectivity index (χ0v) is 31.2. The number of carbonyl (C=O) groups excluding carboxylic acids is 2. The van der Waals surface area contributed by atoms with E-state index in [1.54, 1.807) is 26.6 Å². The second kappa shape index (κ2) is 21.2. The van der Waals surface area contributed by atoms with Gasteiger partial charge in [-0.3, -0.25) is 19.8 Å². The number of nitrogens with two attached hydrogens (primary N) is 2. The highest BCUT2D eigenvalue weighted by atomic mass is 35.5. The number of amides is 3. The van der Waals surface area contributed by atoms with Gasteiger partial charge in [0.25, 0.3) is 0 Å². The molecule has 14 nitrogen and oxygen atoms in total. The van der Waals surface area contributed by atoms with E-state index in [1.807, 2.05) is 48.5 Å². The van der Waals surface area contributed by atoms with Gasteiger partial charge in [-0.25, -0.2) is 4.79 Å². The number of nitrogens with zero attached hydrogens (tertiary/aromatic N) is 3. The number of benzene rings is 2. The van der Waals surface area contributed by atoms with Crippen LogP contribution in [0.2, 0.25) is 0 Å². The summed E-state index contributed by atoms with van der Waals surface area (Å²) in [6.07, 6.45) is 7.50. The number of ether oxygens (including phenoxy) is 2. The lowest BCUT2D eigenvalue weighted by molar-refractivity contribution is -0.123. The van der Waals surface area contributed by atoms with Crippen molar-refractivity contribution in [2.24, 2.45) is 16.5 Å². The first-order valence-corrected chi connectivity index (χ1v) is 17.4. The number of urea groups is 1. The fraction of sp³-hybridized carbons (Fsp3) is 0.432. The first-order valence-electron chi connectivity index (χ1n) is 17.4. The van der Waals surface area contributed by atoms with Gasteiger partial charge in [0.15, 0.2) is 5.96 Å². The van der Waals surface area contributed by atoms with E-state index in [0.717, 1.165) is 70.4 Å². The molecule has 9 N–H and O–H groups in total. The summed E-state index contributed by atoms with van der Waals surface area (Å²) < 4.78 is 10.9. The summed E-state index contributed by atoms with van der Waals surface area (Å²) in [5, 5.41) is 17.7. The smallest absolute Gasteiger partial charge is 0.315 e. The number of methoxy groups -OCH3 is 2. The van der Waals surface area contributed by atoms with Gasteiger partial charge in [-0.15, -0.1) is 12.4 Å². The number of carbonyl (C=O) groups is 2. The van der Waals surface area contributed by atoms with Gasteiger partial charge >= 0.3 is 6.03 Å². The lowest BCUT2D eigenvalue weighted by Gasteiger charge is -2.20. The predicted octanol–water partition coefficient (Wildman–Crippen LogP) is 4.92. The standard InChI is InChI=1S/C37H52N10O4.ClH/c1-24(45-31-22-28(50-3)20-26-12-7-15-40-33(26)31)10-5-17-42-35(48)30(14-9-18-43-36(38)39)47-37(49)44-19-6-11-25(2)46-32-23-29(51-4)21-27-13-8-16-41-34(27)32;/h7-8,12-13,15-16,20-25,30,45-46H,5-6,9-11,14,17-19H2,1-4H3,(H,42,48)(H4,38,39,43)(H2,44,47,49);1H/t24?,25?,30-;/m1./s1. The minimum absolute atomic E-state index is 0. The zero-order chi connectivity index (χ0) is 36.6. The topological polar surface area (TPSA) is 203 Å². The maximum atomic E-state index is 13.2. The van der Waals surface area contributed by atoms with Crippen molar-refractivity contribution in [3.8, 4) is 11.5 Å². The summed E-state index contributed by atoms with van der Waals surface area (Å²) >= 11 is 0. The molecule has 3 amide bonds. The van der Waals surface area contributed by atoms with Crippen molar-refractivity contribution in [1.82, 2.24) is 25.9 Å². The number of aliphatic imine (C=N–C) groups is 1. The number of nitrogens with one attached hydrogen (secondary N) is 5. The number of aromatic nitrogens is 2. The Hall–Kier alpha value is -5.24. The number of hydrogen-bond acceptors (Lipinski definition) is 9. The molecule has 0 fully saturated rings. The van der Waals surface area contributed by atoms with E-state index in [0.29, 0.717) is 32.5 Å². The molecule has 0 spiro atoms. The number of fused-ring (bicyclic) bond motifs is 2. The largest absolute Gasteiger partial charge is 0.497 e. The third-order valence-electron chi connectivity index (χ3n) is 8.41. The van der Waals surface area contributed by atoms with Crippen LogP contribution in [-0.2, 0) is 4.79 Å². The zero-order valence-electron chi connectivity index (χ0n) is 30.4. The van der Waals surface area contributed by atoms with Crippen molar-refractivity contribution in [3.63, 3.8) is 0 Å². The second-order valence-corrected chi connectivity index (χ2v) is 12.6. The highest BCUT2D eigenvalue weighted by molar-refractivity contribution is 5.93. The molecule has 4 aromatic rings. The van der Waals surface area contributed by atoms with Crippen molar-refractivity contribution >= 4 is 63.5 Å². The Kier molecular flexibility index (Phi) is 16.8. The van der Waals surface area contributed by atoms with Crippen LogP contribution in [0.15, 0.2) is 65.9 Å². The Morgan fingerprint density at radius 1 is 0.769 bits per heavy atom. The first-order chi connectivity index (χ1) is 24.7. The van der Waals surface area contributed by atoms with Gasteiger partial charge in [0, 0.05) is 67.0 Å². The molecule has 52 heavy (non-hydrogen) atoms. The fourth-order valence-corrected chi connectivity index (χ4v) is 5.80. The quantitative estimate of drug-likeness (QED) is 0.0371. The maximum absolute atomic E-state index is 13.2. The summed E-state index contributed by atoms with van der Waals surface area (Å²) in [5.41, 5.74) is 14.4. The summed E-state index contributed by atoms with van der Waals surface area (Å²) in [4.78, 5) is 39.1. The lowest BCUT2D eigenvalue weighted by atomic mass is 10.1. The summed E-state index contributed by atoms with van der Waals surface area (Å²) in [6.45, 7) is 5.43. The fourth-order valence-electron chi connectivity index (χ4n) is 5.80. The Bertz CT molecular complexity index is 1770. The molecule has 282 valence electrons. The van der Waals surface area contributed by atoms with Crippen LogP contribution >= 0.6 is 12.4 Å². The number of pyridine rings is 2. The molecule has 0 aliphatic rings. The minimum Gasteiger partial charge on any atom is -0.497 e. The van der Waals surface area contributed by atoms with E-state index < -0.39 is 12.1 Å². The SMILES string of the molecule is COc1cc(NC(C)CCCNC(=O)N[C@H](CCCN=C(N)N)C(=O)NCCCC(C)Nc2cc(OC)cc3cccnc23)c2ncccc2c1.Cl. The van der Waals surface area contributed by atoms with Crippen LogP contribution in [0.3, 0.4) is 0 Å². The lowest BCUT2D eigenvalue weighted by Crippen LogP contribution is -2.50. The van der Waals surface area contributed by atoms with E-state index in [1.165, 1.54) is 0 Å². The summed E-state index contributed by atoms with van der Waals surface area (Å²) in [5.74, 6) is 1.24. The van der Waals surface area contributed by atoms with Gasteiger partial charge in [0.2, 0.25) is 5.91 Å². The van der Waals surface area contributed by atoms with E-state index in [-0.39, 0.29) is 36.4 Å². The van der Waals surface area contributed by atoms with Crippen LogP contribution in [-0.4, -0.2) is 79.8 Å². The number of anilines is 2. The Morgan fingerprint density at radius 2 is 1.29 bits per heavy atom. The van der Waals surface area contributed by atoms with E-state index in [9.17, 15) is 9.59 Å². The molecule has 15 heteroatoms. The van der Waals surface area contributed by atoms with Gasteiger partial charge in [-0.2, -0.15) is 0 Å². The van der Waals surface area contributed by atoms with Gasteiger partial charge < -0.3 is 47.5 Å². The van der Waals surface area contributed by atoms with Crippen molar-refractivity contribution in [2.75, 3.05) is 44.5 Å². The number of hydrogen-bond donors (Lipinski definition) is 7. The Labute approximate surface area is 311 Å². The van der Waals surface area contributed by atoms with Crippen molar-refractivity contribution in [3.05, 3.63) is 60.9 Å². The molecule has 2 heterocycles. The third-order valence-corrected chi connectivity index (χ3v) is 8.41. The van der Waals surface area contributed by atoms with Crippen LogP contribution in [0.1, 0.15) is 52.4 Å². The normalized spacial score (nSPS) is 12.5. The average Bonchev–Trinajstić information content (AvgIpc) is 3.12.